The van der Waals surface area contributed by atoms with E-state index in [0.29, 0.717) is 38.8 Å². The summed E-state index contributed by atoms with van der Waals surface area (Å²) < 4.78 is 50.7. The van der Waals surface area contributed by atoms with Crippen molar-refractivity contribution in [2.45, 2.75) is 105 Å². The van der Waals surface area contributed by atoms with E-state index in [4.69, 9.17) is 9.47 Å². The highest BCUT2D eigenvalue weighted by atomic mass is 19.4. The van der Waals surface area contributed by atoms with Gasteiger partial charge in [0.2, 0.25) is 0 Å². The Bertz CT molecular complexity index is 467. The monoisotopic (exact) mass is 459 g/mol. The Morgan fingerprint density at radius 3 is 1.94 bits per heavy atom. The number of carbonyl (C=O) groups is 2. The number of hydrogen-bond acceptors (Lipinski definition) is 5. The van der Waals surface area contributed by atoms with Crippen molar-refractivity contribution in [3.8, 4) is 0 Å². The van der Waals surface area contributed by atoms with Gasteiger partial charge in [-0.25, -0.2) is 0 Å². The van der Waals surface area contributed by atoms with Crippen LogP contribution in [0.4, 0.5) is 13.2 Å². The summed E-state index contributed by atoms with van der Waals surface area (Å²) in [5, 5.41) is 2.76. The molecule has 0 aliphatic heterocycles. The number of halogens is 3. The second-order valence-electron chi connectivity index (χ2n) is 7.42. The number of alkyl halides is 3. The molecular weight excluding hydrogens is 415 g/mol. The number of amides is 1. The van der Waals surface area contributed by atoms with Gasteiger partial charge in [0.25, 0.3) is 5.91 Å². The second kappa shape index (κ2) is 18.2. The van der Waals surface area contributed by atoms with Crippen LogP contribution in [0.25, 0.3) is 0 Å². The van der Waals surface area contributed by atoms with Gasteiger partial charge in [-0.15, -0.1) is 0 Å². The number of carbonyl (C=O) groups excluding carboxylic acids is 2. The fourth-order valence-electron chi connectivity index (χ4n) is 1.94. The van der Waals surface area contributed by atoms with Gasteiger partial charge in [0, 0.05) is 20.1 Å². The SMILES string of the molecule is CC.CC.COC(C)(C)CCOC(C)(C)C(=O)NCCCCCC(=O)OCC(F)(F)F. The number of rotatable bonds is 13. The highest BCUT2D eigenvalue weighted by molar-refractivity contribution is 5.84. The van der Waals surface area contributed by atoms with Crippen LogP contribution < -0.4 is 5.32 Å². The van der Waals surface area contributed by atoms with Crippen LogP contribution in [0.2, 0.25) is 0 Å². The van der Waals surface area contributed by atoms with E-state index in [1.165, 1.54) is 0 Å². The molecule has 0 aliphatic rings. The molecule has 0 aromatic heterocycles. The van der Waals surface area contributed by atoms with Gasteiger partial charge in [0.15, 0.2) is 6.61 Å². The van der Waals surface area contributed by atoms with Crippen molar-refractivity contribution in [3.05, 3.63) is 0 Å². The van der Waals surface area contributed by atoms with E-state index in [1.807, 2.05) is 41.5 Å². The van der Waals surface area contributed by atoms with Crippen molar-refractivity contribution in [1.82, 2.24) is 5.32 Å². The Morgan fingerprint density at radius 2 is 1.45 bits per heavy atom. The van der Waals surface area contributed by atoms with E-state index in [0.717, 1.165) is 0 Å². The van der Waals surface area contributed by atoms with Crippen molar-refractivity contribution in [2.24, 2.45) is 0 Å². The summed E-state index contributed by atoms with van der Waals surface area (Å²) in [6, 6.07) is 0. The molecule has 0 aliphatic carbocycles. The third kappa shape index (κ3) is 21.7. The molecular formula is C22H44F3NO5. The molecule has 0 heterocycles. The predicted molar refractivity (Wildman–Crippen MR) is 117 cm³/mol. The predicted octanol–water partition coefficient (Wildman–Crippen LogP) is 5.43. The molecule has 0 aromatic carbocycles. The van der Waals surface area contributed by atoms with Gasteiger partial charge in [0.05, 0.1) is 12.2 Å². The van der Waals surface area contributed by atoms with Crippen LogP contribution in [0.15, 0.2) is 0 Å². The number of hydrogen-bond donors (Lipinski definition) is 1. The molecule has 0 unspecified atom stereocenters. The average molecular weight is 460 g/mol. The molecule has 0 rings (SSSR count). The number of nitrogens with one attached hydrogen (secondary N) is 1. The molecule has 0 bridgehead atoms. The van der Waals surface area contributed by atoms with Crippen molar-refractivity contribution < 1.29 is 37.0 Å². The molecule has 0 aromatic rings. The molecule has 0 saturated heterocycles. The quantitative estimate of drug-likeness (QED) is 0.294. The zero-order valence-electron chi connectivity index (χ0n) is 20.8. The van der Waals surface area contributed by atoms with E-state index in [1.54, 1.807) is 21.0 Å². The van der Waals surface area contributed by atoms with Crippen molar-refractivity contribution in [1.29, 1.82) is 0 Å². The number of unbranched alkanes of at least 4 members (excludes halogenated alkanes) is 2. The van der Waals surface area contributed by atoms with E-state index in [2.05, 4.69) is 10.1 Å². The summed E-state index contributed by atoms with van der Waals surface area (Å²) >= 11 is 0. The molecule has 31 heavy (non-hydrogen) atoms. The first-order valence-corrected chi connectivity index (χ1v) is 11.0. The van der Waals surface area contributed by atoms with Crippen LogP contribution in [0.1, 0.15) is 87.5 Å². The summed E-state index contributed by atoms with van der Waals surface area (Å²) in [7, 11) is 1.62. The van der Waals surface area contributed by atoms with E-state index in [-0.39, 0.29) is 17.9 Å². The van der Waals surface area contributed by atoms with Gasteiger partial charge < -0.3 is 19.5 Å². The van der Waals surface area contributed by atoms with Crippen LogP contribution in [0, 0.1) is 0 Å². The largest absolute Gasteiger partial charge is 0.456 e. The molecule has 0 spiro atoms. The van der Waals surface area contributed by atoms with Gasteiger partial charge in [-0.05, 0) is 47.0 Å². The van der Waals surface area contributed by atoms with Gasteiger partial charge in [0.1, 0.15) is 5.60 Å². The summed E-state index contributed by atoms with van der Waals surface area (Å²) in [5.41, 5.74) is -1.31. The molecule has 0 saturated carbocycles. The summed E-state index contributed by atoms with van der Waals surface area (Å²) in [5.74, 6) is -1.12. The standard InChI is InChI=1S/C18H32F3NO5.2C2H6/c1-16(2,25-5)10-12-27-17(3,4)15(24)22-11-8-6-7-9-14(23)26-13-18(19,20)21;2*1-2/h6-13H2,1-5H3,(H,22,24);2*1-2H3. The first-order chi connectivity index (χ1) is 14.3. The normalized spacial score (nSPS) is 11.5. The lowest BCUT2D eigenvalue weighted by Gasteiger charge is -2.28. The van der Waals surface area contributed by atoms with Crippen molar-refractivity contribution in [3.63, 3.8) is 0 Å². The third-order valence-electron chi connectivity index (χ3n) is 4.01. The number of esters is 1. The zero-order valence-corrected chi connectivity index (χ0v) is 20.8. The smallest absolute Gasteiger partial charge is 0.422 e. The van der Waals surface area contributed by atoms with Crippen LogP contribution in [0.5, 0.6) is 0 Å². The number of ether oxygens (including phenoxy) is 3. The Kier molecular flexibility index (Phi) is 20.2. The van der Waals surface area contributed by atoms with Crippen LogP contribution in [-0.2, 0) is 23.8 Å². The van der Waals surface area contributed by atoms with Gasteiger partial charge in [-0.1, -0.05) is 34.1 Å². The Balaban J connectivity index is -0.00000184. The average Bonchev–Trinajstić information content (AvgIpc) is 2.71. The fourth-order valence-corrected chi connectivity index (χ4v) is 1.94. The minimum absolute atomic E-state index is 0.0755. The van der Waals surface area contributed by atoms with Crippen LogP contribution >= 0.6 is 0 Å². The maximum atomic E-state index is 12.2. The fraction of sp³-hybridized carbons (Fsp3) is 0.909. The second-order valence-corrected chi connectivity index (χ2v) is 7.42. The van der Waals surface area contributed by atoms with Gasteiger partial charge in [-0.3, -0.25) is 9.59 Å². The minimum atomic E-state index is -4.51. The molecule has 9 heteroatoms. The lowest BCUT2D eigenvalue weighted by molar-refractivity contribution is -0.186. The van der Waals surface area contributed by atoms with E-state index >= 15 is 0 Å². The molecule has 1 amide bonds. The topological polar surface area (TPSA) is 73.9 Å². The Morgan fingerprint density at radius 1 is 0.903 bits per heavy atom. The van der Waals surface area contributed by atoms with Crippen LogP contribution in [0.3, 0.4) is 0 Å². The first-order valence-electron chi connectivity index (χ1n) is 11.0. The third-order valence-corrected chi connectivity index (χ3v) is 4.01. The van der Waals surface area contributed by atoms with E-state index in [9.17, 15) is 22.8 Å². The molecule has 6 nitrogen and oxygen atoms in total. The molecule has 1 N–H and O–H groups in total. The maximum Gasteiger partial charge on any atom is 0.422 e. The Hall–Kier alpha value is -1.35. The number of methoxy groups -OCH3 is 1. The summed E-state index contributed by atoms with van der Waals surface area (Å²) in [6.07, 6.45) is -2.35. The van der Waals surface area contributed by atoms with Gasteiger partial charge in [-0.2, -0.15) is 13.2 Å². The van der Waals surface area contributed by atoms with Crippen LogP contribution in [-0.4, -0.2) is 56.1 Å². The molecule has 0 radical (unpaired) electrons. The van der Waals surface area contributed by atoms with E-state index < -0.39 is 24.4 Å². The Labute approximate surface area is 186 Å². The lowest BCUT2D eigenvalue weighted by Crippen LogP contribution is -2.45. The summed E-state index contributed by atoms with van der Waals surface area (Å²) in [4.78, 5) is 23.3. The summed E-state index contributed by atoms with van der Waals surface area (Å²) in [6.45, 7) is 14.4. The van der Waals surface area contributed by atoms with Crippen molar-refractivity contribution >= 4 is 11.9 Å². The van der Waals surface area contributed by atoms with Crippen molar-refractivity contribution in [2.75, 3.05) is 26.9 Å². The molecule has 0 atom stereocenters. The first kappa shape index (κ1) is 34.3. The highest BCUT2D eigenvalue weighted by Gasteiger charge is 2.30. The zero-order chi connectivity index (χ0) is 25.1. The van der Waals surface area contributed by atoms with Gasteiger partial charge >= 0.3 is 12.1 Å². The molecule has 0 fully saturated rings. The lowest BCUT2D eigenvalue weighted by atomic mass is 10.1. The highest BCUT2D eigenvalue weighted by Crippen LogP contribution is 2.17. The minimum Gasteiger partial charge on any atom is -0.456 e. The maximum absolute atomic E-state index is 12.2. The molecule has 188 valence electrons.